The van der Waals surface area contributed by atoms with Gasteiger partial charge in [-0.25, -0.2) is 9.18 Å². The Morgan fingerprint density at radius 3 is 2.77 bits per heavy atom. The predicted molar refractivity (Wildman–Crippen MR) is 85.4 cm³/mol. The van der Waals surface area contributed by atoms with Crippen LogP contribution in [0.25, 0.3) is 0 Å². The number of nitrogens with one attached hydrogen (secondary N) is 1. The van der Waals surface area contributed by atoms with Crippen molar-refractivity contribution in [3.8, 4) is 0 Å². The number of anilines is 1. The standard InChI is InChI=1S/C18H19FN2O/c1-12-3-5-14-7-8-21(11-15(14)9-12)18(22)20-17-10-16(19)6-4-13(17)2/h3-6,9-10H,7-8,11H2,1-2H3,(H,20,22). The van der Waals surface area contributed by atoms with E-state index in [9.17, 15) is 9.18 Å². The average molecular weight is 298 g/mol. The van der Waals surface area contributed by atoms with Gasteiger partial charge >= 0.3 is 6.03 Å². The zero-order valence-corrected chi connectivity index (χ0v) is 12.8. The highest BCUT2D eigenvalue weighted by atomic mass is 19.1. The van der Waals surface area contributed by atoms with Gasteiger partial charge < -0.3 is 10.2 Å². The van der Waals surface area contributed by atoms with E-state index in [1.807, 2.05) is 6.92 Å². The third-order valence-corrected chi connectivity index (χ3v) is 4.10. The summed E-state index contributed by atoms with van der Waals surface area (Å²) in [7, 11) is 0. The van der Waals surface area contributed by atoms with Gasteiger partial charge in [-0.05, 0) is 49.1 Å². The Hall–Kier alpha value is -2.36. The number of carbonyl (C=O) groups excluding carboxylic acids is 1. The van der Waals surface area contributed by atoms with Gasteiger partial charge in [-0.3, -0.25) is 0 Å². The summed E-state index contributed by atoms with van der Waals surface area (Å²) in [5.74, 6) is -0.347. The van der Waals surface area contributed by atoms with Gasteiger partial charge in [-0.2, -0.15) is 0 Å². The van der Waals surface area contributed by atoms with Crippen molar-refractivity contribution in [2.45, 2.75) is 26.8 Å². The van der Waals surface area contributed by atoms with Gasteiger partial charge in [0.05, 0.1) is 0 Å². The Bertz CT molecular complexity index is 727. The third-order valence-electron chi connectivity index (χ3n) is 4.10. The molecule has 2 aromatic carbocycles. The molecule has 0 saturated carbocycles. The molecule has 0 fully saturated rings. The van der Waals surface area contributed by atoms with Gasteiger partial charge in [0.1, 0.15) is 5.82 Å². The van der Waals surface area contributed by atoms with Crippen LogP contribution in [0.15, 0.2) is 36.4 Å². The number of rotatable bonds is 1. The van der Waals surface area contributed by atoms with Crippen molar-refractivity contribution < 1.29 is 9.18 Å². The summed E-state index contributed by atoms with van der Waals surface area (Å²) < 4.78 is 13.3. The van der Waals surface area contributed by atoms with Crippen LogP contribution in [0.3, 0.4) is 0 Å². The smallest absolute Gasteiger partial charge is 0.320 e. The molecule has 0 spiro atoms. The minimum Gasteiger partial charge on any atom is -0.320 e. The molecule has 2 amide bonds. The molecule has 0 aliphatic carbocycles. The molecule has 0 atom stereocenters. The topological polar surface area (TPSA) is 32.3 Å². The minimum atomic E-state index is -0.347. The van der Waals surface area contributed by atoms with E-state index in [-0.39, 0.29) is 11.8 Å². The summed E-state index contributed by atoms with van der Waals surface area (Å²) in [5.41, 5.74) is 5.07. The molecule has 0 saturated heterocycles. The van der Waals surface area contributed by atoms with Crippen LogP contribution in [0.4, 0.5) is 14.9 Å². The van der Waals surface area contributed by atoms with E-state index in [0.29, 0.717) is 18.8 Å². The molecule has 1 heterocycles. The summed E-state index contributed by atoms with van der Waals surface area (Å²) in [6.45, 7) is 5.17. The lowest BCUT2D eigenvalue weighted by atomic mass is 9.98. The van der Waals surface area contributed by atoms with Crippen LogP contribution in [0.2, 0.25) is 0 Å². The normalized spacial score (nSPS) is 13.7. The number of benzene rings is 2. The maximum atomic E-state index is 13.3. The minimum absolute atomic E-state index is 0.180. The zero-order valence-electron chi connectivity index (χ0n) is 12.8. The number of aryl methyl sites for hydroxylation is 2. The molecule has 22 heavy (non-hydrogen) atoms. The molecular weight excluding hydrogens is 279 g/mol. The first-order chi connectivity index (χ1) is 10.5. The molecule has 1 aliphatic heterocycles. The van der Waals surface area contributed by atoms with Gasteiger partial charge in [-0.1, -0.05) is 29.8 Å². The molecule has 0 bridgehead atoms. The van der Waals surface area contributed by atoms with Crippen LogP contribution in [0.5, 0.6) is 0 Å². The lowest BCUT2D eigenvalue weighted by molar-refractivity contribution is 0.206. The van der Waals surface area contributed by atoms with Crippen LogP contribution < -0.4 is 5.32 Å². The van der Waals surface area contributed by atoms with Gasteiger partial charge in [0.2, 0.25) is 0 Å². The lowest BCUT2D eigenvalue weighted by Crippen LogP contribution is -2.39. The van der Waals surface area contributed by atoms with Crippen LogP contribution in [-0.4, -0.2) is 17.5 Å². The second kappa shape index (κ2) is 5.79. The fourth-order valence-electron chi connectivity index (χ4n) is 2.78. The van der Waals surface area contributed by atoms with Crippen molar-refractivity contribution in [2.75, 3.05) is 11.9 Å². The van der Waals surface area contributed by atoms with E-state index in [0.717, 1.165) is 12.0 Å². The maximum absolute atomic E-state index is 13.3. The Morgan fingerprint density at radius 2 is 1.95 bits per heavy atom. The highest BCUT2D eigenvalue weighted by molar-refractivity contribution is 5.90. The Labute approximate surface area is 129 Å². The van der Waals surface area contributed by atoms with Gasteiger partial charge in [-0.15, -0.1) is 0 Å². The average Bonchev–Trinajstić information content (AvgIpc) is 2.50. The fourth-order valence-corrected chi connectivity index (χ4v) is 2.78. The predicted octanol–water partition coefficient (Wildman–Crippen LogP) is 4.03. The van der Waals surface area contributed by atoms with Crippen molar-refractivity contribution in [1.29, 1.82) is 0 Å². The second-order valence-corrected chi connectivity index (χ2v) is 5.83. The van der Waals surface area contributed by atoms with Crippen LogP contribution >= 0.6 is 0 Å². The fraction of sp³-hybridized carbons (Fsp3) is 0.278. The number of hydrogen-bond acceptors (Lipinski definition) is 1. The molecule has 2 aromatic rings. The lowest BCUT2D eigenvalue weighted by Gasteiger charge is -2.29. The third kappa shape index (κ3) is 2.96. The Kier molecular flexibility index (Phi) is 3.84. The summed E-state index contributed by atoms with van der Waals surface area (Å²) in [5, 5.41) is 2.81. The summed E-state index contributed by atoms with van der Waals surface area (Å²) >= 11 is 0. The van der Waals surface area contributed by atoms with Gasteiger partial charge in [0.25, 0.3) is 0 Å². The first-order valence-corrected chi connectivity index (χ1v) is 7.43. The van der Waals surface area contributed by atoms with Crippen LogP contribution in [0, 0.1) is 19.7 Å². The SMILES string of the molecule is Cc1ccc2c(c1)CN(C(=O)Nc1cc(F)ccc1C)CC2. The quantitative estimate of drug-likeness (QED) is 0.847. The maximum Gasteiger partial charge on any atom is 0.322 e. The van der Waals surface area contributed by atoms with Crippen LogP contribution in [-0.2, 0) is 13.0 Å². The molecular formula is C18H19FN2O. The van der Waals surface area contributed by atoms with Crippen molar-refractivity contribution in [3.63, 3.8) is 0 Å². The molecule has 1 N–H and O–H groups in total. The molecule has 3 nitrogen and oxygen atoms in total. The molecule has 0 radical (unpaired) electrons. The molecule has 0 aromatic heterocycles. The van der Waals surface area contributed by atoms with Crippen molar-refractivity contribution in [1.82, 2.24) is 4.90 Å². The van der Waals surface area contributed by atoms with E-state index in [1.54, 1.807) is 11.0 Å². The van der Waals surface area contributed by atoms with Gasteiger partial charge in [0.15, 0.2) is 0 Å². The number of urea groups is 1. The number of halogens is 1. The zero-order chi connectivity index (χ0) is 15.7. The first kappa shape index (κ1) is 14.6. The van der Waals surface area contributed by atoms with Gasteiger partial charge in [0, 0.05) is 18.8 Å². The molecule has 114 valence electrons. The Balaban J connectivity index is 1.75. The highest BCUT2D eigenvalue weighted by Gasteiger charge is 2.21. The summed E-state index contributed by atoms with van der Waals surface area (Å²) in [4.78, 5) is 14.2. The molecule has 1 aliphatic rings. The number of carbonyl (C=O) groups is 1. The first-order valence-electron chi connectivity index (χ1n) is 7.43. The van der Waals surface area contributed by atoms with E-state index in [4.69, 9.17) is 0 Å². The molecule has 3 rings (SSSR count). The molecule has 0 unspecified atom stereocenters. The van der Waals surface area contributed by atoms with E-state index < -0.39 is 0 Å². The number of hydrogen-bond donors (Lipinski definition) is 1. The number of amides is 2. The van der Waals surface area contributed by atoms with E-state index in [1.165, 1.54) is 28.8 Å². The van der Waals surface area contributed by atoms with E-state index in [2.05, 4.69) is 30.4 Å². The van der Waals surface area contributed by atoms with E-state index >= 15 is 0 Å². The second-order valence-electron chi connectivity index (χ2n) is 5.83. The largest absolute Gasteiger partial charge is 0.322 e. The van der Waals surface area contributed by atoms with Crippen LogP contribution in [0.1, 0.15) is 22.3 Å². The number of nitrogens with zero attached hydrogens (tertiary/aromatic N) is 1. The highest BCUT2D eigenvalue weighted by Crippen LogP contribution is 2.22. The molecule has 4 heteroatoms. The van der Waals surface area contributed by atoms with Crippen molar-refractivity contribution in [2.24, 2.45) is 0 Å². The van der Waals surface area contributed by atoms with Crippen molar-refractivity contribution in [3.05, 3.63) is 64.5 Å². The monoisotopic (exact) mass is 298 g/mol. The van der Waals surface area contributed by atoms with Crippen molar-refractivity contribution >= 4 is 11.7 Å². The summed E-state index contributed by atoms with van der Waals surface area (Å²) in [6, 6.07) is 10.6. The number of fused-ring (bicyclic) bond motifs is 1. The summed E-state index contributed by atoms with van der Waals surface area (Å²) in [6.07, 6.45) is 0.852. The Morgan fingerprint density at radius 1 is 1.14 bits per heavy atom.